The molecule has 1 atom stereocenters. The summed E-state index contributed by atoms with van der Waals surface area (Å²) in [6.45, 7) is 3.70. The minimum Gasteiger partial charge on any atom is -0.466 e. The number of aryl methyl sites for hydroxylation is 1. The lowest BCUT2D eigenvalue weighted by Crippen LogP contribution is -2.43. The first-order valence-electron chi connectivity index (χ1n) is 11.3. The lowest BCUT2D eigenvalue weighted by molar-refractivity contribution is -0.151. The van der Waals surface area contributed by atoms with Crippen LogP contribution in [-0.4, -0.2) is 46.0 Å². The SMILES string of the molecule is CCOC(=O)C1CCCN(C(=O)CCn2c(Cc3ccccc3)nc3cc(Cl)c(Cl)cc32)C1. The van der Waals surface area contributed by atoms with Gasteiger partial charge in [-0.15, -0.1) is 0 Å². The molecule has 8 heteroatoms. The van der Waals surface area contributed by atoms with E-state index < -0.39 is 0 Å². The van der Waals surface area contributed by atoms with Crippen LogP contribution in [0.2, 0.25) is 10.0 Å². The second kappa shape index (κ2) is 10.6. The molecule has 6 nitrogen and oxygen atoms in total. The zero-order valence-electron chi connectivity index (χ0n) is 18.6. The molecule has 2 heterocycles. The van der Waals surface area contributed by atoms with Crippen LogP contribution in [0.3, 0.4) is 0 Å². The molecule has 0 radical (unpaired) electrons. The van der Waals surface area contributed by atoms with Gasteiger partial charge in [0, 0.05) is 32.5 Å². The summed E-state index contributed by atoms with van der Waals surface area (Å²) in [6.07, 6.45) is 2.50. The number of benzene rings is 2. The Bertz CT molecular complexity index is 1150. The summed E-state index contributed by atoms with van der Waals surface area (Å²) in [5.74, 6) is 0.417. The first-order chi connectivity index (χ1) is 16.0. The Morgan fingerprint density at radius 3 is 2.67 bits per heavy atom. The maximum Gasteiger partial charge on any atom is 0.310 e. The standard InChI is InChI=1S/C25H27Cl2N3O3/c1-2-33-25(32)18-9-6-11-29(16-18)24(31)10-12-30-22-15-20(27)19(26)14-21(22)28-23(30)13-17-7-4-3-5-8-17/h3-5,7-8,14-15,18H,2,6,9-13,16H2,1H3. The van der Waals surface area contributed by atoms with Crippen LogP contribution in [0.4, 0.5) is 0 Å². The topological polar surface area (TPSA) is 64.4 Å². The highest BCUT2D eigenvalue weighted by Gasteiger charge is 2.29. The van der Waals surface area contributed by atoms with Gasteiger partial charge in [0.25, 0.3) is 0 Å². The van der Waals surface area contributed by atoms with E-state index in [0.29, 0.717) is 49.1 Å². The lowest BCUT2D eigenvalue weighted by atomic mass is 9.98. The van der Waals surface area contributed by atoms with Gasteiger partial charge >= 0.3 is 5.97 Å². The molecule has 1 amide bonds. The van der Waals surface area contributed by atoms with Crippen molar-refractivity contribution >= 4 is 46.1 Å². The van der Waals surface area contributed by atoms with Crippen molar-refractivity contribution in [2.45, 2.75) is 39.2 Å². The van der Waals surface area contributed by atoms with Crippen molar-refractivity contribution in [1.29, 1.82) is 0 Å². The zero-order valence-corrected chi connectivity index (χ0v) is 20.1. The molecule has 4 rings (SSSR count). The predicted molar refractivity (Wildman–Crippen MR) is 130 cm³/mol. The number of carbonyl (C=O) groups excluding carboxylic acids is 2. The summed E-state index contributed by atoms with van der Waals surface area (Å²) >= 11 is 12.5. The molecule has 0 saturated carbocycles. The molecular weight excluding hydrogens is 461 g/mol. The van der Waals surface area contributed by atoms with Gasteiger partial charge in [-0.3, -0.25) is 9.59 Å². The Morgan fingerprint density at radius 1 is 1.15 bits per heavy atom. The second-order valence-corrected chi connectivity index (χ2v) is 9.09. The van der Waals surface area contributed by atoms with E-state index in [4.69, 9.17) is 32.9 Å². The van der Waals surface area contributed by atoms with Crippen LogP contribution in [-0.2, 0) is 27.3 Å². The highest BCUT2D eigenvalue weighted by Crippen LogP contribution is 2.29. The monoisotopic (exact) mass is 487 g/mol. The molecule has 1 saturated heterocycles. The molecule has 1 fully saturated rings. The van der Waals surface area contributed by atoms with E-state index >= 15 is 0 Å². The Balaban J connectivity index is 1.53. The molecule has 1 aliphatic heterocycles. The fraction of sp³-hybridized carbons (Fsp3) is 0.400. The van der Waals surface area contributed by atoms with E-state index in [9.17, 15) is 9.59 Å². The van der Waals surface area contributed by atoms with Crippen molar-refractivity contribution in [1.82, 2.24) is 14.5 Å². The van der Waals surface area contributed by atoms with E-state index in [-0.39, 0.29) is 17.8 Å². The third-order valence-electron chi connectivity index (χ3n) is 6.02. The molecule has 1 aliphatic rings. The molecule has 1 aromatic heterocycles. The van der Waals surface area contributed by atoms with Crippen molar-refractivity contribution in [3.63, 3.8) is 0 Å². The number of hydrogen-bond acceptors (Lipinski definition) is 4. The fourth-order valence-corrected chi connectivity index (χ4v) is 4.67. The van der Waals surface area contributed by atoms with Crippen LogP contribution in [0.5, 0.6) is 0 Å². The van der Waals surface area contributed by atoms with E-state index in [1.54, 1.807) is 17.9 Å². The molecule has 0 N–H and O–H groups in total. The van der Waals surface area contributed by atoms with E-state index in [1.807, 2.05) is 24.3 Å². The number of rotatable bonds is 7. The Hall–Kier alpha value is -2.57. The maximum atomic E-state index is 13.0. The Labute approximate surface area is 203 Å². The van der Waals surface area contributed by atoms with Crippen LogP contribution in [0.15, 0.2) is 42.5 Å². The van der Waals surface area contributed by atoms with E-state index in [1.165, 1.54) is 0 Å². The number of hydrogen-bond donors (Lipinski definition) is 0. The number of ether oxygens (including phenoxy) is 1. The molecule has 0 bridgehead atoms. The van der Waals surface area contributed by atoms with Crippen LogP contribution < -0.4 is 0 Å². The number of imidazole rings is 1. The highest BCUT2D eigenvalue weighted by atomic mass is 35.5. The quantitative estimate of drug-likeness (QED) is 0.433. The average Bonchev–Trinajstić information content (AvgIpc) is 3.14. The van der Waals surface area contributed by atoms with Gasteiger partial charge in [0.15, 0.2) is 0 Å². The molecule has 33 heavy (non-hydrogen) atoms. The number of carbonyl (C=O) groups is 2. The summed E-state index contributed by atoms with van der Waals surface area (Å²) in [5.41, 5.74) is 2.74. The Kier molecular flexibility index (Phi) is 7.56. The first-order valence-corrected chi connectivity index (χ1v) is 12.0. The predicted octanol–water partition coefficient (Wildman–Crippen LogP) is 5.13. The minimum absolute atomic E-state index is 0.0246. The van der Waals surface area contributed by atoms with Crippen molar-refractivity contribution in [2.24, 2.45) is 5.92 Å². The number of nitrogens with zero attached hydrogens (tertiary/aromatic N) is 3. The van der Waals surface area contributed by atoms with E-state index in [0.717, 1.165) is 35.3 Å². The minimum atomic E-state index is -0.244. The largest absolute Gasteiger partial charge is 0.466 e. The fourth-order valence-electron chi connectivity index (χ4n) is 4.35. The summed E-state index contributed by atoms with van der Waals surface area (Å²) < 4.78 is 7.21. The van der Waals surface area contributed by atoms with Crippen LogP contribution in [0, 0.1) is 5.92 Å². The van der Waals surface area contributed by atoms with Crippen molar-refractivity contribution in [3.05, 3.63) is 63.9 Å². The summed E-state index contributed by atoms with van der Waals surface area (Å²) in [4.78, 5) is 31.8. The molecule has 2 aromatic carbocycles. The summed E-state index contributed by atoms with van der Waals surface area (Å²) in [6, 6.07) is 13.7. The van der Waals surface area contributed by atoms with Crippen molar-refractivity contribution < 1.29 is 14.3 Å². The van der Waals surface area contributed by atoms with Gasteiger partial charge in [0.1, 0.15) is 5.82 Å². The van der Waals surface area contributed by atoms with Gasteiger partial charge in [0.05, 0.1) is 33.6 Å². The van der Waals surface area contributed by atoms with Crippen molar-refractivity contribution in [3.8, 4) is 0 Å². The summed E-state index contributed by atoms with van der Waals surface area (Å²) in [5, 5.41) is 0.908. The number of fused-ring (bicyclic) bond motifs is 1. The number of amides is 1. The average molecular weight is 488 g/mol. The third kappa shape index (κ3) is 5.50. The van der Waals surface area contributed by atoms with Crippen LogP contribution in [0.1, 0.15) is 37.6 Å². The number of esters is 1. The van der Waals surface area contributed by atoms with Gasteiger partial charge < -0.3 is 14.2 Å². The van der Waals surface area contributed by atoms with Crippen LogP contribution in [0.25, 0.3) is 11.0 Å². The number of halogens is 2. The van der Waals surface area contributed by atoms with Gasteiger partial charge in [-0.2, -0.15) is 0 Å². The normalized spacial score (nSPS) is 16.2. The number of piperidine rings is 1. The number of likely N-dealkylation sites (tertiary alicyclic amines) is 1. The van der Waals surface area contributed by atoms with Crippen molar-refractivity contribution in [2.75, 3.05) is 19.7 Å². The Morgan fingerprint density at radius 2 is 1.91 bits per heavy atom. The molecule has 1 unspecified atom stereocenters. The van der Waals surface area contributed by atoms with Gasteiger partial charge in [-0.1, -0.05) is 53.5 Å². The zero-order chi connectivity index (χ0) is 23.4. The van der Waals surface area contributed by atoms with E-state index in [2.05, 4.69) is 16.7 Å². The molecular formula is C25H27Cl2N3O3. The van der Waals surface area contributed by atoms with Gasteiger partial charge in [0.2, 0.25) is 5.91 Å². The lowest BCUT2D eigenvalue weighted by Gasteiger charge is -2.31. The molecule has 3 aromatic rings. The first kappa shape index (κ1) is 23.6. The molecule has 174 valence electrons. The molecule has 0 spiro atoms. The third-order valence-corrected chi connectivity index (χ3v) is 6.74. The van der Waals surface area contributed by atoms with Gasteiger partial charge in [-0.25, -0.2) is 4.98 Å². The van der Waals surface area contributed by atoms with Gasteiger partial charge in [-0.05, 0) is 37.5 Å². The smallest absolute Gasteiger partial charge is 0.310 e. The van der Waals surface area contributed by atoms with Crippen LogP contribution >= 0.6 is 23.2 Å². The highest BCUT2D eigenvalue weighted by molar-refractivity contribution is 6.42. The summed E-state index contributed by atoms with van der Waals surface area (Å²) in [7, 11) is 0. The number of aromatic nitrogens is 2. The maximum absolute atomic E-state index is 13.0. The molecule has 0 aliphatic carbocycles. The second-order valence-electron chi connectivity index (χ2n) is 8.28.